The Morgan fingerprint density at radius 3 is 2.44 bits per heavy atom. The van der Waals surface area contributed by atoms with Crippen molar-refractivity contribution in [3.05, 3.63) is 90.1 Å². The number of aromatic nitrogens is 1. The molecule has 174 valence electrons. The van der Waals surface area contributed by atoms with Gasteiger partial charge in [-0.2, -0.15) is 13.2 Å². The molecule has 0 aliphatic carbocycles. The van der Waals surface area contributed by atoms with Crippen molar-refractivity contribution in [3.8, 4) is 22.6 Å². The van der Waals surface area contributed by atoms with Crippen molar-refractivity contribution in [3.63, 3.8) is 0 Å². The lowest BCUT2D eigenvalue weighted by Gasteiger charge is -2.13. The molecule has 1 heterocycles. The molecule has 0 spiro atoms. The van der Waals surface area contributed by atoms with Gasteiger partial charge in [0.15, 0.2) is 6.10 Å². The van der Waals surface area contributed by atoms with E-state index in [1.165, 1.54) is 19.2 Å². The average molecular weight is 467 g/mol. The van der Waals surface area contributed by atoms with Crippen LogP contribution >= 0.6 is 0 Å². The first kappa shape index (κ1) is 23.1. The van der Waals surface area contributed by atoms with Crippen molar-refractivity contribution in [2.24, 2.45) is 0 Å². The van der Waals surface area contributed by atoms with Crippen LogP contribution in [-0.2, 0) is 17.6 Å². The van der Waals surface area contributed by atoms with Crippen LogP contribution in [0, 0.1) is 0 Å². The Balaban J connectivity index is 1.53. The average Bonchev–Trinajstić information content (AvgIpc) is 2.82. The molecule has 1 atom stereocenters. The highest BCUT2D eigenvalue weighted by molar-refractivity contribution is 5.96. The molecule has 0 saturated heterocycles. The maximum atomic E-state index is 13.4. The number of carboxylic acids is 1. The van der Waals surface area contributed by atoms with E-state index in [-0.39, 0.29) is 12.1 Å². The van der Waals surface area contributed by atoms with E-state index in [0.29, 0.717) is 28.0 Å². The fraction of sp³-hybridized carbons (Fsp3) is 0.154. The molecule has 0 aliphatic heterocycles. The van der Waals surface area contributed by atoms with E-state index in [1.807, 2.05) is 0 Å². The van der Waals surface area contributed by atoms with E-state index in [1.54, 1.807) is 60.7 Å². The second-order valence-corrected chi connectivity index (χ2v) is 7.62. The van der Waals surface area contributed by atoms with E-state index >= 15 is 0 Å². The summed E-state index contributed by atoms with van der Waals surface area (Å²) in [7, 11) is 0. The molecule has 4 rings (SSSR count). The van der Waals surface area contributed by atoms with Crippen LogP contribution in [0.2, 0.25) is 0 Å². The second kappa shape index (κ2) is 9.43. The fourth-order valence-electron chi connectivity index (χ4n) is 3.50. The van der Waals surface area contributed by atoms with E-state index in [0.717, 1.165) is 11.6 Å². The number of alkyl halides is 3. The zero-order valence-electron chi connectivity index (χ0n) is 18.0. The molecule has 0 amide bonds. The third kappa shape index (κ3) is 5.11. The standard InChI is InChI=1S/C26H20F3NO4/c1-16(25(31)32)34-19-10-8-17(9-11-19)15-33-20-5-2-4-18(14-20)21-12-13-30-24-22(21)6-3-7-23(24)26(27,28)29/h2-14,16H,15H2,1H3,(H,31,32). The van der Waals surface area contributed by atoms with Crippen LogP contribution in [0.25, 0.3) is 22.0 Å². The summed E-state index contributed by atoms with van der Waals surface area (Å²) in [5.41, 5.74) is 1.29. The number of ether oxygens (including phenoxy) is 2. The number of hydrogen-bond donors (Lipinski definition) is 1. The van der Waals surface area contributed by atoms with Crippen LogP contribution in [-0.4, -0.2) is 22.2 Å². The Morgan fingerprint density at radius 1 is 1.00 bits per heavy atom. The highest BCUT2D eigenvalue weighted by atomic mass is 19.4. The maximum Gasteiger partial charge on any atom is 0.418 e. The SMILES string of the molecule is CC(Oc1ccc(COc2cccc(-c3ccnc4c(C(F)(F)F)cccc34)c2)cc1)C(=O)O. The lowest BCUT2D eigenvalue weighted by Crippen LogP contribution is -2.22. The van der Waals surface area contributed by atoms with Crippen molar-refractivity contribution in [1.29, 1.82) is 0 Å². The quantitative estimate of drug-likeness (QED) is 0.343. The fourth-order valence-corrected chi connectivity index (χ4v) is 3.50. The normalized spacial score (nSPS) is 12.4. The van der Waals surface area contributed by atoms with Crippen LogP contribution in [0.15, 0.2) is 79.0 Å². The number of carboxylic acid groups (broad SMARTS) is 1. The smallest absolute Gasteiger partial charge is 0.418 e. The first-order chi connectivity index (χ1) is 16.2. The van der Waals surface area contributed by atoms with Crippen LogP contribution in [0.4, 0.5) is 13.2 Å². The minimum Gasteiger partial charge on any atom is -0.489 e. The van der Waals surface area contributed by atoms with Crippen molar-refractivity contribution >= 4 is 16.9 Å². The minimum atomic E-state index is -4.50. The molecule has 3 aromatic carbocycles. The van der Waals surface area contributed by atoms with Crippen LogP contribution in [0.1, 0.15) is 18.1 Å². The van der Waals surface area contributed by atoms with Gasteiger partial charge in [0.1, 0.15) is 18.1 Å². The van der Waals surface area contributed by atoms with Crippen molar-refractivity contribution in [2.75, 3.05) is 0 Å². The number of nitrogens with zero attached hydrogens (tertiary/aromatic N) is 1. The Bertz CT molecular complexity index is 1320. The van der Waals surface area contributed by atoms with Crippen LogP contribution in [0.5, 0.6) is 11.5 Å². The Morgan fingerprint density at radius 2 is 1.74 bits per heavy atom. The highest BCUT2D eigenvalue weighted by Crippen LogP contribution is 2.37. The molecule has 8 heteroatoms. The molecule has 0 bridgehead atoms. The molecule has 5 nitrogen and oxygen atoms in total. The zero-order chi connectivity index (χ0) is 24.3. The number of rotatable bonds is 7. The molecule has 1 unspecified atom stereocenters. The van der Waals surface area contributed by atoms with Crippen molar-refractivity contribution < 1.29 is 32.5 Å². The summed E-state index contributed by atoms with van der Waals surface area (Å²) in [5, 5.41) is 9.33. The summed E-state index contributed by atoms with van der Waals surface area (Å²) in [6.45, 7) is 1.69. The predicted octanol–water partition coefficient (Wildman–Crippen LogP) is 6.35. The molecule has 1 aromatic heterocycles. The molecule has 4 aromatic rings. The van der Waals surface area contributed by atoms with Gasteiger partial charge >= 0.3 is 12.1 Å². The van der Waals surface area contributed by atoms with Gasteiger partial charge in [-0.3, -0.25) is 4.98 Å². The molecule has 0 saturated carbocycles. The van der Waals surface area contributed by atoms with Gasteiger partial charge in [0.2, 0.25) is 0 Å². The number of fused-ring (bicyclic) bond motifs is 1. The van der Waals surface area contributed by atoms with Gasteiger partial charge < -0.3 is 14.6 Å². The Kier molecular flexibility index (Phi) is 6.40. The Labute approximate surface area is 193 Å². The van der Waals surface area contributed by atoms with Gasteiger partial charge in [-0.25, -0.2) is 4.79 Å². The summed E-state index contributed by atoms with van der Waals surface area (Å²) in [4.78, 5) is 14.9. The van der Waals surface area contributed by atoms with E-state index in [2.05, 4.69) is 4.98 Å². The summed E-state index contributed by atoms with van der Waals surface area (Å²) >= 11 is 0. The molecule has 0 fully saturated rings. The molecule has 0 radical (unpaired) electrons. The molecular formula is C26H20F3NO4. The van der Waals surface area contributed by atoms with Crippen molar-refractivity contribution in [2.45, 2.75) is 25.8 Å². The summed E-state index contributed by atoms with van der Waals surface area (Å²) in [6.07, 6.45) is -4.08. The zero-order valence-corrected chi connectivity index (χ0v) is 18.0. The number of para-hydroxylation sites is 1. The van der Waals surface area contributed by atoms with E-state index in [4.69, 9.17) is 14.6 Å². The highest BCUT2D eigenvalue weighted by Gasteiger charge is 2.33. The monoisotopic (exact) mass is 467 g/mol. The summed E-state index contributed by atoms with van der Waals surface area (Å²) in [5.74, 6) is -0.0680. The number of aliphatic carboxylic acids is 1. The lowest BCUT2D eigenvalue weighted by molar-refractivity contribution is -0.144. The molecule has 0 aliphatic rings. The number of hydrogen-bond acceptors (Lipinski definition) is 4. The predicted molar refractivity (Wildman–Crippen MR) is 121 cm³/mol. The first-order valence-electron chi connectivity index (χ1n) is 10.4. The summed E-state index contributed by atoms with van der Waals surface area (Å²) < 4.78 is 51.4. The maximum absolute atomic E-state index is 13.4. The second-order valence-electron chi connectivity index (χ2n) is 7.62. The molecule has 34 heavy (non-hydrogen) atoms. The van der Waals surface area contributed by atoms with Gasteiger partial charge in [-0.1, -0.05) is 36.4 Å². The topological polar surface area (TPSA) is 68.7 Å². The van der Waals surface area contributed by atoms with E-state index < -0.39 is 23.8 Å². The van der Waals surface area contributed by atoms with Crippen molar-refractivity contribution in [1.82, 2.24) is 4.98 Å². The van der Waals surface area contributed by atoms with Gasteiger partial charge in [0.25, 0.3) is 0 Å². The first-order valence-corrected chi connectivity index (χ1v) is 10.4. The number of benzene rings is 3. The van der Waals surface area contributed by atoms with E-state index in [9.17, 15) is 18.0 Å². The third-order valence-corrected chi connectivity index (χ3v) is 5.21. The number of pyridine rings is 1. The van der Waals surface area contributed by atoms with Gasteiger partial charge in [0.05, 0.1) is 11.1 Å². The lowest BCUT2D eigenvalue weighted by atomic mass is 9.99. The number of halogens is 3. The Hall–Kier alpha value is -4.07. The largest absolute Gasteiger partial charge is 0.489 e. The minimum absolute atomic E-state index is 0.0988. The molecular weight excluding hydrogens is 447 g/mol. The number of carbonyl (C=O) groups is 1. The van der Waals surface area contributed by atoms with Gasteiger partial charge in [-0.15, -0.1) is 0 Å². The van der Waals surface area contributed by atoms with Crippen LogP contribution in [0.3, 0.4) is 0 Å². The van der Waals surface area contributed by atoms with Gasteiger partial charge in [-0.05, 0) is 60.0 Å². The molecule has 1 N–H and O–H groups in total. The van der Waals surface area contributed by atoms with Crippen LogP contribution < -0.4 is 9.47 Å². The van der Waals surface area contributed by atoms with Gasteiger partial charge in [0, 0.05) is 11.6 Å². The third-order valence-electron chi connectivity index (χ3n) is 5.21. The summed E-state index contributed by atoms with van der Waals surface area (Å²) in [6, 6.07) is 19.7.